The monoisotopic (exact) mass is 279 g/mol. The van der Waals surface area contributed by atoms with Gasteiger partial charge in [-0.05, 0) is 12.5 Å². The lowest BCUT2D eigenvalue weighted by Crippen LogP contribution is -2.29. The molecule has 0 aromatic heterocycles. The van der Waals surface area contributed by atoms with Crippen LogP contribution in [-0.4, -0.2) is 38.7 Å². The van der Waals surface area contributed by atoms with Crippen LogP contribution < -0.4 is 5.32 Å². The van der Waals surface area contributed by atoms with E-state index in [1.54, 1.807) is 6.92 Å². The molecule has 0 bridgehead atoms. The fourth-order valence-corrected chi connectivity index (χ4v) is 1.83. The summed E-state index contributed by atoms with van der Waals surface area (Å²) in [6.07, 6.45) is 0.288. The Morgan fingerprint density at radius 3 is 2.55 bits per heavy atom. The molecule has 0 aliphatic heterocycles. The van der Waals surface area contributed by atoms with Gasteiger partial charge in [0.2, 0.25) is 0 Å². The average molecular weight is 279 g/mol. The van der Waals surface area contributed by atoms with Gasteiger partial charge in [0.25, 0.3) is 0 Å². The van der Waals surface area contributed by atoms with Gasteiger partial charge in [-0.1, -0.05) is 30.3 Å². The molecule has 0 fully saturated rings. The average Bonchev–Trinajstić information content (AvgIpc) is 2.48. The Morgan fingerprint density at radius 2 is 1.95 bits per heavy atom. The van der Waals surface area contributed by atoms with Crippen LogP contribution in [0.5, 0.6) is 0 Å². The van der Waals surface area contributed by atoms with Crippen LogP contribution in [0.15, 0.2) is 30.3 Å². The van der Waals surface area contributed by atoms with E-state index >= 15 is 0 Å². The number of ether oxygens (including phenoxy) is 2. The summed E-state index contributed by atoms with van der Waals surface area (Å²) in [5, 5.41) is 3.09. The Bertz CT molecular complexity index is 419. The Kier molecular flexibility index (Phi) is 7.35. The lowest BCUT2D eigenvalue weighted by molar-refractivity contribution is -0.143. The Labute approximate surface area is 119 Å². The van der Waals surface area contributed by atoms with Crippen molar-refractivity contribution in [3.05, 3.63) is 35.9 Å². The number of carbonyl (C=O) groups excluding carboxylic acids is 2. The number of esters is 2. The summed E-state index contributed by atoms with van der Waals surface area (Å²) in [6, 6.07) is 9.42. The minimum Gasteiger partial charge on any atom is -0.469 e. The van der Waals surface area contributed by atoms with E-state index in [2.05, 4.69) is 5.32 Å². The number of hydrogen-bond donors (Lipinski definition) is 1. The minimum atomic E-state index is -0.372. The molecule has 110 valence electrons. The maximum Gasteiger partial charge on any atom is 0.314 e. The van der Waals surface area contributed by atoms with E-state index in [0.29, 0.717) is 19.7 Å². The van der Waals surface area contributed by atoms with Crippen molar-refractivity contribution < 1.29 is 19.1 Å². The Balaban J connectivity index is 2.47. The van der Waals surface area contributed by atoms with Crippen molar-refractivity contribution in [2.75, 3.05) is 26.8 Å². The third kappa shape index (κ3) is 5.40. The van der Waals surface area contributed by atoms with E-state index in [4.69, 9.17) is 9.47 Å². The SMILES string of the molecule is CCOC(=O)CCNCC(C(=O)OC)c1ccccc1. The van der Waals surface area contributed by atoms with Gasteiger partial charge in [0, 0.05) is 13.1 Å². The molecule has 0 aliphatic rings. The third-order valence-corrected chi connectivity index (χ3v) is 2.85. The predicted molar refractivity (Wildman–Crippen MR) is 75.3 cm³/mol. The highest BCUT2D eigenvalue weighted by Crippen LogP contribution is 2.16. The molecule has 0 saturated heterocycles. The number of rotatable bonds is 8. The van der Waals surface area contributed by atoms with E-state index in [9.17, 15) is 9.59 Å². The molecule has 1 aromatic rings. The minimum absolute atomic E-state index is 0.241. The predicted octanol–water partition coefficient (Wildman–Crippen LogP) is 1.49. The molecule has 0 aliphatic carbocycles. The molecular formula is C15H21NO4. The zero-order valence-corrected chi connectivity index (χ0v) is 11.9. The summed E-state index contributed by atoms with van der Waals surface area (Å²) in [5.41, 5.74) is 0.892. The number of nitrogens with one attached hydrogen (secondary N) is 1. The third-order valence-electron chi connectivity index (χ3n) is 2.85. The van der Waals surface area contributed by atoms with Gasteiger partial charge in [0.15, 0.2) is 0 Å². The molecular weight excluding hydrogens is 258 g/mol. The fourth-order valence-electron chi connectivity index (χ4n) is 1.83. The van der Waals surface area contributed by atoms with Gasteiger partial charge in [-0.3, -0.25) is 9.59 Å². The summed E-state index contributed by atoms with van der Waals surface area (Å²) in [6.45, 7) is 3.05. The summed E-state index contributed by atoms with van der Waals surface area (Å²) in [5.74, 6) is -0.905. The highest BCUT2D eigenvalue weighted by atomic mass is 16.5. The van der Waals surface area contributed by atoms with Crippen LogP contribution in [0.25, 0.3) is 0 Å². The first-order valence-electron chi connectivity index (χ1n) is 6.68. The molecule has 0 spiro atoms. The molecule has 1 atom stereocenters. The number of carbonyl (C=O) groups is 2. The molecule has 0 radical (unpaired) electrons. The quantitative estimate of drug-likeness (QED) is 0.577. The molecule has 0 heterocycles. The van der Waals surface area contributed by atoms with E-state index in [0.717, 1.165) is 5.56 Å². The molecule has 1 rings (SSSR count). The van der Waals surface area contributed by atoms with E-state index < -0.39 is 0 Å². The Hall–Kier alpha value is -1.88. The first-order valence-corrected chi connectivity index (χ1v) is 6.68. The second-order valence-corrected chi connectivity index (χ2v) is 4.25. The lowest BCUT2D eigenvalue weighted by Gasteiger charge is -2.15. The summed E-state index contributed by atoms with van der Waals surface area (Å²) < 4.78 is 9.64. The van der Waals surface area contributed by atoms with Crippen molar-refractivity contribution in [2.24, 2.45) is 0 Å². The van der Waals surface area contributed by atoms with Crippen LogP contribution in [0.4, 0.5) is 0 Å². The topological polar surface area (TPSA) is 64.6 Å². The summed E-state index contributed by atoms with van der Waals surface area (Å²) in [7, 11) is 1.37. The van der Waals surface area contributed by atoms with Crippen LogP contribution in [-0.2, 0) is 19.1 Å². The molecule has 1 N–H and O–H groups in total. The van der Waals surface area contributed by atoms with Gasteiger partial charge < -0.3 is 14.8 Å². The Morgan fingerprint density at radius 1 is 1.25 bits per heavy atom. The van der Waals surface area contributed by atoms with Crippen molar-refractivity contribution >= 4 is 11.9 Å². The number of methoxy groups -OCH3 is 1. The fraction of sp³-hybridized carbons (Fsp3) is 0.467. The van der Waals surface area contributed by atoms with Gasteiger partial charge in [-0.2, -0.15) is 0 Å². The standard InChI is InChI=1S/C15H21NO4/c1-3-20-14(17)9-10-16-11-13(15(18)19-2)12-7-5-4-6-8-12/h4-8,13,16H,3,9-11H2,1-2H3. The molecule has 5 heteroatoms. The summed E-state index contributed by atoms with van der Waals surface area (Å²) >= 11 is 0. The van der Waals surface area contributed by atoms with Gasteiger partial charge in [-0.25, -0.2) is 0 Å². The molecule has 5 nitrogen and oxygen atoms in total. The highest BCUT2D eigenvalue weighted by Gasteiger charge is 2.20. The van der Waals surface area contributed by atoms with Crippen LogP contribution in [0.3, 0.4) is 0 Å². The maximum atomic E-state index is 11.8. The highest BCUT2D eigenvalue weighted by molar-refractivity contribution is 5.78. The van der Waals surface area contributed by atoms with Crippen LogP contribution in [0.1, 0.15) is 24.8 Å². The maximum absolute atomic E-state index is 11.8. The first-order chi connectivity index (χ1) is 9.69. The van der Waals surface area contributed by atoms with Crippen molar-refractivity contribution in [1.82, 2.24) is 5.32 Å². The zero-order chi connectivity index (χ0) is 14.8. The van der Waals surface area contributed by atoms with Crippen LogP contribution >= 0.6 is 0 Å². The zero-order valence-electron chi connectivity index (χ0n) is 11.9. The second-order valence-electron chi connectivity index (χ2n) is 4.25. The van der Waals surface area contributed by atoms with Crippen molar-refractivity contribution in [2.45, 2.75) is 19.3 Å². The van der Waals surface area contributed by atoms with Gasteiger partial charge >= 0.3 is 11.9 Å². The van der Waals surface area contributed by atoms with Crippen molar-refractivity contribution in [3.63, 3.8) is 0 Å². The number of benzene rings is 1. The van der Waals surface area contributed by atoms with Crippen LogP contribution in [0, 0.1) is 0 Å². The molecule has 1 aromatic carbocycles. The van der Waals surface area contributed by atoms with Crippen LogP contribution in [0.2, 0.25) is 0 Å². The molecule has 20 heavy (non-hydrogen) atoms. The van der Waals surface area contributed by atoms with E-state index in [1.165, 1.54) is 7.11 Å². The molecule has 0 saturated carbocycles. The molecule has 0 amide bonds. The second kappa shape index (κ2) is 9.09. The van der Waals surface area contributed by atoms with Crippen molar-refractivity contribution in [1.29, 1.82) is 0 Å². The van der Waals surface area contributed by atoms with Crippen molar-refractivity contribution in [3.8, 4) is 0 Å². The van der Waals surface area contributed by atoms with E-state index in [1.807, 2.05) is 30.3 Å². The first kappa shape index (κ1) is 16.2. The largest absolute Gasteiger partial charge is 0.469 e. The lowest BCUT2D eigenvalue weighted by atomic mass is 9.99. The van der Waals surface area contributed by atoms with Gasteiger partial charge in [0.1, 0.15) is 0 Å². The molecule has 1 unspecified atom stereocenters. The smallest absolute Gasteiger partial charge is 0.314 e. The van der Waals surface area contributed by atoms with Gasteiger partial charge in [-0.15, -0.1) is 0 Å². The van der Waals surface area contributed by atoms with E-state index in [-0.39, 0.29) is 24.3 Å². The normalized spacial score (nSPS) is 11.7. The number of hydrogen-bond acceptors (Lipinski definition) is 5. The van der Waals surface area contributed by atoms with Gasteiger partial charge in [0.05, 0.1) is 26.1 Å². The summed E-state index contributed by atoms with van der Waals surface area (Å²) in [4.78, 5) is 23.0.